The van der Waals surface area contributed by atoms with Crippen LogP contribution in [0.4, 0.5) is 10.2 Å². The van der Waals surface area contributed by atoms with Gasteiger partial charge in [-0.1, -0.05) is 23.8 Å². The summed E-state index contributed by atoms with van der Waals surface area (Å²) < 4.78 is 13.4. The maximum atomic E-state index is 13.4. The minimum Gasteiger partial charge on any atom is -0.380 e. The molecule has 3 N–H and O–H groups in total. The number of rotatable bonds is 1. The fourth-order valence-corrected chi connectivity index (χ4v) is 1.33. The Balaban J connectivity index is 2.55. The predicted octanol–water partition coefficient (Wildman–Crippen LogP) is 2.11. The molecule has 1 aromatic heterocycles. The molecule has 0 saturated carbocycles. The van der Waals surface area contributed by atoms with Crippen molar-refractivity contribution in [1.29, 1.82) is 0 Å². The first-order chi connectivity index (χ1) is 6.68. The van der Waals surface area contributed by atoms with Crippen LogP contribution >= 0.6 is 0 Å². The van der Waals surface area contributed by atoms with Crippen LogP contribution in [0.25, 0.3) is 11.3 Å². The summed E-state index contributed by atoms with van der Waals surface area (Å²) in [6, 6.07) is 7.49. The van der Waals surface area contributed by atoms with E-state index in [0.717, 1.165) is 11.1 Å². The Morgan fingerprint density at radius 1 is 1.43 bits per heavy atom. The number of halogens is 1. The van der Waals surface area contributed by atoms with E-state index in [1.807, 2.05) is 31.2 Å². The number of nitrogen functional groups attached to an aromatic ring is 1. The Kier molecular flexibility index (Phi) is 1.96. The van der Waals surface area contributed by atoms with Gasteiger partial charge in [-0.2, -0.15) is 5.10 Å². The molecule has 14 heavy (non-hydrogen) atoms. The number of aromatic nitrogens is 2. The molecule has 0 saturated heterocycles. The first kappa shape index (κ1) is 8.74. The van der Waals surface area contributed by atoms with E-state index in [2.05, 4.69) is 10.2 Å². The number of nitrogens with zero attached hydrogens (tertiary/aromatic N) is 1. The van der Waals surface area contributed by atoms with Crippen LogP contribution in [-0.2, 0) is 0 Å². The molecule has 0 radical (unpaired) electrons. The highest BCUT2D eigenvalue weighted by Gasteiger charge is 2.11. The van der Waals surface area contributed by atoms with Crippen LogP contribution in [-0.4, -0.2) is 10.2 Å². The van der Waals surface area contributed by atoms with Crippen LogP contribution in [0.2, 0.25) is 0 Å². The second-order valence-electron chi connectivity index (χ2n) is 3.17. The number of anilines is 1. The molecule has 0 aliphatic carbocycles. The van der Waals surface area contributed by atoms with Gasteiger partial charge in [0.2, 0.25) is 0 Å². The molecule has 2 rings (SSSR count). The summed E-state index contributed by atoms with van der Waals surface area (Å²) in [5.74, 6) is -0.586. The van der Waals surface area contributed by atoms with Crippen molar-refractivity contribution in [3.8, 4) is 11.3 Å². The summed E-state index contributed by atoms with van der Waals surface area (Å²) in [7, 11) is 0. The predicted molar refractivity (Wildman–Crippen MR) is 53.1 cm³/mol. The summed E-state index contributed by atoms with van der Waals surface area (Å²) >= 11 is 0. The number of aromatic amines is 1. The highest BCUT2D eigenvalue weighted by atomic mass is 19.1. The second-order valence-corrected chi connectivity index (χ2v) is 3.17. The van der Waals surface area contributed by atoms with Gasteiger partial charge < -0.3 is 5.73 Å². The van der Waals surface area contributed by atoms with Crippen LogP contribution in [0.3, 0.4) is 0 Å². The SMILES string of the molecule is Cc1cccc(-c2[nH]nc(N)c2F)c1. The van der Waals surface area contributed by atoms with Crippen LogP contribution < -0.4 is 5.73 Å². The first-order valence-corrected chi connectivity index (χ1v) is 4.25. The summed E-state index contributed by atoms with van der Waals surface area (Å²) in [6.07, 6.45) is 0. The van der Waals surface area contributed by atoms with Gasteiger partial charge in [0.1, 0.15) is 5.69 Å². The molecule has 4 heteroatoms. The molecular weight excluding hydrogens is 181 g/mol. The number of nitrogens with one attached hydrogen (secondary N) is 1. The molecule has 0 atom stereocenters. The van der Waals surface area contributed by atoms with Crippen LogP contribution in [0, 0.1) is 12.7 Å². The van der Waals surface area contributed by atoms with Crippen LogP contribution in [0.5, 0.6) is 0 Å². The van der Waals surface area contributed by atoms with E-state index < -0.39 is 5.82 Å². The lowest BCUT2D eigenvalue weighted by Gasteiger charge is -1.98. The average molecular weight is 191 g/mol. The van der Waals surface area contributed by atoms with Crippen molar-refractivity contribution in [2.75, 3.05) is 5.73 Å². The van der Waals surface area contributed by atoms with Crippen molar-refractivity contribution in [2.24, 2.45) is 0 Å². The molecule has 72 valence electrons. The molecule has 1 heterocycles. The number of H-pyrrole nitrogens is 1. The Morgan fingerprint density at radius 3 is 2.79 bits per heavy atom. The summed E-state index contributed by atoms with van der Waals surface area (Å²) in [6.45, 7) is 1.95. The van der Waals surface area contributed by atoms with Crippen molar-refractivity contribution in [2.45, 2.75) is 6.92 Å². The van der Waals surface area contributed by atoms with Gasteiger partial charge in [-0.3, -0.25) is 5.10 Å². The standard InChI is InChI=1S/C10H10FN3/c1-6-3-2-4-7(5-6)9-8(11)10(12)14-13-9/h2-5H,1H3,(H3,12,13,14). The van der Waals surface area contributed by atoms with Crippen molar-refractivity contribution in [3.05, 3.63) is 35.6 Å². The van der Waals surface area contributed by atoms with Gasteiger partial charge >= 0.3 is 0 Å². The number of hydrogen-bond acceptors (Lipinski definition) is 2. The normalized spacial score (nSPS) is 10.4. The number of aryl methyl sites for hydroxylation is 1. The van der Waals surface area contributed by atoms with Gasteiger partial charge in [0.15, 0.2) is 11.6 Å². The molecule has 3 nitrogen and oxygen atoms in total. The Morgan fingerprint density at radius 2 is 2.21 bits per heavy atom. The van der Waals surface area contributed by atoms with Crippen molar-refractivity contribution >= 4 is 5.82 Å². The maximum Gasteiger partial charge on any atom is 0.192 e. The van der Waals surface area contributed by atoms with Gasteiger partial charge in [-0.25, -0.2) is 4.39 Å². The van der Waals surface area contributed by atoms with E-state index in [1.165, 1.54) is 0 Å². The summed E-state index contributed by atoms with van der Waals surface area (Å²) in [4.78, 5) is 0. The van der Waals surface area contributed by atoms with E-state index >= 15 is 0 Å². The molecule has 2 aromatic rings. The van der Waals surface area contributed by atoms with Gasteiger partial charge in [0.25, 0.3) is 0 Å². The highest BCUT2D eigenvalue weighted by molar-refractivity contribution is 5.63. The smallest absolute Gasteiger partial charge is 0.192 e. The Bertz CT molecular complexity index is 462. The largest absolute Gasteiger partial charge is 0.380 e. The molecule has 0 amide bonds. The Labute approximate surface area is 80.8 Å². The quantitative estimate of drug-likeness (QED) is 0.725. The van der Waals surface area contributed by atoms with Gasteiger partial charge in [0, 0.05) is 5.56 Å². The lowest BCUT2D eigenvalue weighted by atomic mass is 10.1. The molecular formula is C10H10FN3. The third kappa shape index (κ3) is 1.35. The summed E-state index contributed by atoms with van der Waals surface area (Å²) in [5.41, 5.74) is 7.46. The van der Waals surface area contributed by atoms with Gasteiger partial charge in [-0.15, -0.1) is 0 Å². The van der Waals surface area contributed by atoms with Crippen LogP contribution in [0.15, 0.2) is 24.3 Å². The lowest BCUT2D eigenvalue weighted by Crippen LogP contribution is -1.87. The zero-order valence-corrected chi connectivity index (χ0v) is 7.71. The van der Waals surface area contributed by atoms with Crippen LogP contribution in [0.1, 0.15) is 5.56 Å². The fraction of sp³-hybridized carbons (Fsp3) is 0.100. The number of benzene rings is 1. The first-order valence-electron chi connectivity index (χ1n) is 4.25. The zero-order chi connectivity index (χ0) is 10.1. The van der Waals surface area contributed by atoms with Crippen molar-refractivity contribution < 1.29 is 4.39 Å². The lowest BCUT2D eigenvalue weighted by molar-refractivity contribution is 0.636. The minimum absolute atomic E-state index is 0.0958. The van der Waals surface area contributed by atoms with Gasteiger partial charge in [0.05, 0.1) is 0 Å². The van der Waals surface area contributed by atoms with Crippen molar-refractivity contribution in [3.63, 3.8) is 0 Å². The maximum absolute atomic E-state index is 13.4. The van der Waals surface area contributed by atoms with Crippen molar-refractivity contribution in [1.82, 2.24) is 10.2 Å². The average Bonchev–Trinajstić information content (AvgIpc) is 2.48. The molecule has 0 aliphatic heterocycles. The third-order valence-corrected chi connectivity index (χ3v) is 2.04. The van der Waals surface area contributed by atoms with E-state index in [-0.39, 0.29) is 5.82 Å². The fourth-order valence-electron chi connectivity index (χ4n) is 1.33. The second kappa shape index (κ2) is 3.14. The third-order valence-electron chi connectivity index (χ3n) is 2.04. The molecule has 0 spiro atoms. The molecule has 1 aromatic carbocycles. The molecule has 0 bridgehead atoms. The van der Waals surface area contributed by atoms with E-state index in [1.54, 1.807) is 0 Å². The monoisotopic (exact) mass is 191 g/mol. The molecule has 0 aliphatic rings. The Hall–Kier alpha value is -1.84. The molecule has 0 fully saturated rings. The zero-order valence-electron chi connectivity index (χ0n) is 7.71. The molecule has 0 unspecified atom stereocenters. The number of nitrogens with two attached hydrogens (primary N) is 1. The van der Waals surface area contributed by atoms with E-state index in [4.69, 9.17) is 5.73 Å². The highest BCUT2D eigenvalue weighted by Crippen LogP contribution is 2.23. The van der Waals surface area contributed by atoms with E-state index in [0.29, 0.717) is 5.69 Å². The topological polar surface area (TPSA) is 54.7 Å². The minimum atomic E-state index is -0.490. The summed E-state index contributed by atoms with van der Waals surface area (Å²) in [5, 5.41) is 6.17. The number of hydrogen-bond donors (Lipinski definition) is 2. The van der Waals surface area contributed by atoms with E-state index in [9.17, 15) is 4.39 Å². The van der Waals surface area contributed by atoms with Gasteiger partial charge in [-0.05, 0) is 13.0 Å².